The van der Waals surface area contributed by atoms with Crippen LogP contribution in [0.15, 0.2) is 41.3 Å². The van der Waals surface area contributed by atoms with E-state index >= 15 is 0 Å². The summed E-state index contributed by atoms with van der Waals surface area (Å²) in [6, 6.07) is 12.6. The van der Waals surface area contributed by atoms with Gasteiger partial charge in [0.05, 0.1) is 5.69 Å². The molecule has 1 aromatic carbocycles. The van der Waals surface area contributed by atoms with Crippen LogP contribution in [0.3, 0.4) is 0 Å². The topological polar surface area (TPSA) is 36.4 Å². The van der Waals surface area contributed by atoms with Crippen LogP contribution in [-0.2, 0) is 5.75 Å². The van der Waals surface area contributed by atoms with Crippen LogP contribution in [0.2, 0.25) is 0 Å². The standard InChI is InChI=1S/C14H15NOS.C7H15N/c1-10-6-7-14(13(16)8-10)17-9-12-5-3-4-11(2)15-12;1-7-5-3-4-6-8(7)2/h3-8,16H,9H2,1-2H3;7H,3-6H2,1-2H3. The highest BCUT2D eigenvalue weighted by Crippen LogP contribution is 2.31. The predicted octanol–water partition coefficient (Wildman–Crippen LogP) is 5.19. The summed E-state index contributed by atoms with van der Waals surface area (Å²) < 4.78 is 0. The predicted molar refractivity (Wildman–Crippen MR) is 107 cm³/mol. The summed E-state index contributed by atoms with van der Waals surface area (Å²) in [7, 11) is 2.21. The van der Waals surface area contributed by atoms with E-state index in [0.717, 1.165) is 33.6 Å². The summed E-state index contributed by atoms with van der Waals surface area (Å²) in [5.41, 5.74) is 3.13. The lowest BCUT2D eigenvalue weighted by Gasteiger charge is -2.29. The van der Waals surface area contributed by atoms with E-state index in [1.165, 1.54) is 25.8 Å². The fraction of sp³-hybridized carbons (Fsp3) is 0.476. The Bertz CT molecular complexity index is 665. The number of nitrogens with zero attached hydrogens (tertiary/aromatic N) is 2. The first-order chi connectivity index (χ1) is 12.0. The Morgan fingerprint density at radius 1 is 1.20 bits per heavy atom. The van der Waals surface area contributed by atoms with Crippen LogP contribution in [0.4, 0.5) is 0 Å². The van der Waals surface area contributed by atoms with E-state index in [4.69, 9.17) is 0 Å². The minimum absolute atomic E-state index is 0.350. The maximum Gasteiger partial charge on any atom is 0.129 e. The molecule has 1 unspecified atom stereocenters. The molecule has 0 bridgehead atoms. The van der Waals surface area contributed by atoms with Crippen molar-refractivity contribution < 1.29 is 5.11 Å². The third kappa shape index (κ3) is 6.71. The Morgan fingerprint density at radius 2 is 2.00 bits per heavy atom. The quantitative estimate of drug-likeness (QED) is 0.766. The first-order valence-corrected chi connectivity index (χ1v) is 9.99. The fourth-order valence-corrected chi connectivity index (χ4v) is 3.66. The maximum atomic E-state index is 9.78. The third-order valence-electron chi connectivity index (χ3n) is 4.57. The molecule has 136 valence electrons. The van der Waals surface area contributed by atoms with Crippen LogP contribution in [0.5, 0.6) is 5.75 Å². The van der Waals surface area contributed by atoms with E-state index in [9.17, 15) is 5.11 Å². The SMILES string of the molecule is CC1CCCCN1C.Cc1ccc(SCc2cccc(C)n2)c(O)c1. The van der Waals surface area contributed by atoms with Gasteiger partial charge in [-0.15, -0.1) is 11.8 Å². The number of hydrogen-bond acceptors (Lipinski definition) is 4. The molecule has 0 spiro atoms. The van der Waals surface area contributed by atoms with Crippen molar-refractivity contribution in [3.05, 3.63) is 53.3 Å². The van der Waals surface area contributed by atoms with Crippen molar-refractivity contribution in [1.29, 1.82) is 0 Å². The molecule has 0 amide bonds. The summed E-state index contributed by atoms with van der Waals surface area (Å²) >= 11 is 1.61. The normalized spacial score (nSPS) is 17.7. The van der Waals surface area contributed by atoms with Gasteiger partial charge in [0.2, 0.25) is 0 Å². The van der Waals surface area contributed by atoms with Gasteiger partial charge in [-0.05, 0) is 77.0 Å². The molecule has 3 nitrogen and oxygen atoms in total. The Balaban J connectivity index is 0.000000236. The monoisotopic (exact) mass is 358 g/mol. The van der Waals surface area contributed by atoms with Gasteiger partial charge in [0, 0.05) is 22.4 Å². The van der Waals surface area contributed by atoms with Crippen molar-refractivity contribution in [2.45, 2.75) is 56.7 Å². The summed E-state index contributed by atoms with van der Waals surface area (Å²) in [4.78, 5) is 7.77. The lowest BCUT2D eigenvalue weighted by atomic mass is 10.1. The lowest BCUT2D eigenvalue weighted by Crippen LogP contribution is -2.33. The minimum Gasteiger partial charge on any atom is -0.507 e. The van der Waals surface area contributed by atoms with Crippen LogP contribution in [-0.4, -0.2) is 34.6 Å². The molecule has 1 aliphatic rings. The van der Waals surface area contributed by atoms with Gasteiger partial charge in [-0.1, -0.05) is 18.6 Å². The molecule has 1 saturated heterocycles. The average molecular weight is 359 g/mol. The van der Waals surface area contributed by atoms with Gasteiger partial charge in [0.25, 0.3) is 0 Å². The molecule has 1 aromatic heterocycles. The van der Waals surface area contributed by atoms with Crippen LogP contribution < -0.4 is 0 Å². The van der Waals surface area contributed by atoms with Crippen molar-refractivity contribution in [3.8, 4) is 5.75 Å². The highest BCUT2D eigenvalue weighted by Gasteiger charge is 2.12. The van der Waals surface area contributed by atoms with Gasteiger partial charge in [-0.2, -0.15) is 0 Å². The summed E-state index contributed by atoms with van der Waals surface area (Å²) in [5.74, 6) is 1.13. The minimum atomic E-state index is 0.350. The molecule has 1 atom stereocenters. The van der Waals surface area contributed by atoms with E-state index in [2.05, 4.69) is 23.9 Å². The number of phenolic OH excluding ortho intramolecular Hbond substituents is 1. The second-order valence-corrected chi connectivity index (χ2v) is 7.87. The number of benzene rings is 1. The van der Waals surface area contributed by atoms with Crippen LogP contribution in [0.25, 0.3) is 0 Å². The Kier molecular flexibility index (Phi) is 7.79. The zero-order chi connectivity index (χ0) is 18.2. The zero-order valence-corrected chi connectivity index (χ0v) is 16.6. The van der Waals surface area contributed by atoms with Crippen LogP contribution in [0, 0.1) is 13.8 Å². The second kappa shape index (κ2) is 9.83. The van der Waals surface area contributed by atoms with Gasteiger partial charge < -0.3 is 10.0 Å². The molecule has 1 fully saturated rings. The van der Waals surface area contributed by atoms with Crippen molar-refractivity contribution in [3.63, 3.8) is 0 Å². The second-order valence-electron chi connectivity index (χ2n) is 6.86. The molecule has 0 radical (unpaired) electrons. The number of rotatable bonds is 3. The molecule has 1 aliphatic heterocycles. The Labute approximate surface area is 156 Å². The number of phenols is 1. The Hall–Kier alpha value is -1.52. The number of piperidine rings is 1. The highest BCUT2D eigenvalue weighted by molar-refractivity contribution is 7.98. The Morgan fingerprint density at radius 3 is 2.60 bits per heavy atom. The zero-order valence-electron chi connectivity index (χ0n) is 15.8. The van der Waals surface area contributed by atoms with Crippen LogP contribution in [0.1, 0.15) is 43.1 Å². The molecule has 2 heterocycles. The molecule has 2 aromatic rings. The van der Waals surface area contributed by atoms with Crippen molar-refractivity contribution in [2.24, 2.45) is 0 Å². The number of aromatic hydroxyl groups is 1. The molecule has 4 heteroatoms. The van der Waals surface area contributed by atoms with E-state index in [0.29, 0.717) is 5.75 Å². The largest absolute Gasteiger partial charge is 0.507 e. The first kappa shape index (κ1) is 19.8. The fourth-order valence-electron chi connectivity index (χ4n) is 2.82. The molecular weight excluding hydrogens is 328 g/mol. The van der Waals surface area contributed by atoms with Gasteiger partial charge in [-0.25, -0.2) is 0 Å². The van der Waals surface area contributed by atoms with Crippen molar-refractivity contribution in [2.75, 3.05) is 13.6 Å². The summed E-state index contributed by atoms with van der Waals surface area (Å²) in [6.07, 6.45) is 4.24. The number of pyridine rings is 1. The molecule has 1 N–H and O–H groups in total. The molecule has 0 aliphatic carbocycles. The summed E-state index contributed by atoms with van der Waals surface area (Å²) in [5, 5.41) is 9.78. The van der Waals surface area contributed by atoms with Gasteiger partial charge in [0.1, 0.15) is 5.75 Å². The number of aryl methyl sites for hydroxylation is 2. The van der Waals surface area contributed by atoms with Gasteiger partial charge in [0.15, 0.2) is 0 Å². The maximum absolute atomic E-state index is 9.78. The van der Waals surface area contributed by atoms with Crippen LogP contribution >= 0.6 is 11.8 Å². The number of aromatic nitrogens is 1. The van der Waals surface area contributed by atoms with E-state index in [-0.39, 0.29) is 0 Å². The van der Waals surface area contributed by atoms with Crippen molar-refractivity contribution >= 4 is 11.8 Å². The van der Waals surface area contributed by atoms with Gasteiger partial charge in [-0.3, -0.25) is 4.98 Å². The number of thioether (sulfide) groups is 1. The number of likely N-dealkylation sites (tertiary alicyclic amines) is 1. The van der Waals surface area contributed by atoms with E-state index < -0.39 is 0 Å². The number of hydrogen-bond donors (Lipinski definition) is 1. The van der Waals surface area contributed by atoms with Crippen molar-refractivity contribution in [1.82, 2.24) is 9.88 Å². The summed E-state index contributed by atoms with van der Waals surface area (Å²) in [6.45, 7) is 7.56. The van der Waals surface area contributed by atoms with Gasteiger partial charge >= 0.3 is 0 Å². The van der Waals surface area contributed by atoms with E-state index in [1.54, 1.807) is 17.8 Å². The molecule has 0 saturated carbocycles. The molecule has 3 rings (SSSR count). The van der Waals surface area contributed by atoms with E-state index in [1.807, 2.05) is 44.2 Å². The first-order valence-electron chi connectivity index (χ1n) is 9.01. The smallest absolute Gasteiger partial charge is 0.129 e. The lowest BCUT2D eigenvalue weighted by molar-refractivity contribution is 0.200. The highest BCUT2D eigenvalue weighted by atomic mass is 32.2. The average Bonchev–Trinajstić information content (AvgIpc) is 2.57. The molecular formula is C21H30N2OS. The third-order valence-corrected chi connectivity index (χ3v) is 5.67. The molecule has 25 heavy (non-hydrogen) atoms.